The van der Waals surface area contributed by atoms with Gasteiger partial charge < -0.3 is 19.6 Å². The molecule has 0 fully saturated rings. The fraction of sp³-hybridized carbons (Fsp3) is 0.311. The number of H-pyrrole nitrogens is 3. The third-order valence-corrected chi connectivity index (χ3v) is 26.8. The van der Waals surface area contributed by atoms with Crippen molar-refractivity contribution >= 4 is 182 Å². The smallest absolute Gasteiger partial charge is 0.212 e. The van der Waals surface area contributed by atoms with Crippen LogP contribution in [0.4, 0.5) is 5.69 Å². The van der Waals surface area contributed by atoms with E-state index in [1.807, 2.05) is 187 Å². The van der Waals surface area contributed by atoms with Crippen molar-refractivity contribution in [3.05, 3.63) is 363 Å². The Morgan fingerprint density at radius 2 is 0.910 bits per heavy atom. The molecule has 4 N–H and O–H groups in total. The first-order chi connectivity index (χ1) is 68.9. The molecule has 758 valence electrons. The molecule has 0 spiro atoms. The van der Waals surface area contributed by atoms with E-state index in [1.54, 1.807) is 24.9 Å². The maximum Gasteiger partial charge on any atom is 0.212 e. The lowest BCUT2D eigenvalue weighted by molar-refractivity contribution is -0.397. The molecule has 20 rings (SSSR count). The first kappa shape index (κ1) is 114. The van der Waals surface area contributed by atoms with E-state index in [9.17, 15) is 0 Å². The third-order valence-electron chi connectivity index (χ3n) is 24.8. The first-order valence-electron chi connectivity index (χ1n) is 49.0. The van der Waals surface area contributed by atoms with Gasteiger partial charge in [0.2, 0.25) is 5.69 Å². The lowest BCUT2D eigenvalue weighted by atomic mass is 9.86. The molecule has 1 aliphatic rings. The normalized spacial score (nSPS) is 11.6. The lowest BCUT2D eigenvalue weighted by Crippen LogP contribution is -2.10. The van der Waals surface area contributed by atoms with Crippen molar-refractivity contribution in [1.82, 2.24) is 74.4 Å². The van der Waals surface area contributed by atoms with E-state index < -0.39 is 0 Å². The van der Waals surface area contributed by atoms with Crippen molar-refractivity contribution in [2.24, 2.45) is 14.1 Å². The quantitative estimate of drug-likeness (QED) is 0.0759. The molecule has 19 aromatic rings. The van der Waals surface area contributed by atoms with E-state index in [0.717, 1.165) is 112 Å². The number of pyridine rings is 1. The van der Waals surface area contributed by atoms with Gasteiger partial charge in [-0.15, -0.1) is 0 Å². The number of hydrogen-bond acceptors (Lipinski definition) is 10. The van der Waals surface area contributed by atoms with Crippen LogP contribution in [0.25, 0.3) is 99.1 Å². The van der Waals surface area contributed by atoms with Gasteiger partial charge in [0.15, 0.2) is 0 Å². The van der Waals surface area contributed by atoms with Gasteiger partial charge in [-0.3, -0.25) is 19.4 Å². The van der Waals surface area contributed by atoms with Gasteiger partial charge in [-0.1, -0.05) is 280 Å². The average Bonchev–Trinajstić information content (AvgIpc) is 1.64. The van der Waals surface area contributed by atoms with Crippen LogP contribution in [0.5, 0.6) is 0 Å². The Morgan fingerprint density at radius 3 is 1.47 bits per heavy atom. The van der Waals surface area contributed by atoms with Gasteiger partial charge in [-0.2, -0.15) is 25.5 Å². The molecule has 0 atom stereocenters. The first-order valence-corrected chi connectivity index (χ1v) is 52.4. The Balaban J connectivity index is 0.000000154. The van der Waals surface area contributed by atoms with Crippen LogP contribution in [0.2, 0.25) is 45.2 Å². The number of imidazole rings is 1. The topological polar surface area (TPSA) is 201 Å². The van der Waals surface area contributed by atoms with Crippen molar-refractivity contribution in [2.75, 3.05) is 13.7 Å². The predicted octanol–water partition coefficient (Wildman–Crippen LogP) is 36.0. The number of fused-ring (bicyclic) bond motifs is 7. The van der Waals surface area contributed by atoms with E-state index in [2.05, 4.69) is 290 Å². The molecule has 26 heteroatoms. The molecule has 0 radical (unpaired) electrons. The van der Waals surface area contributed by atoms with Crippen LogP contribution >= 0.6 is 104 Å². The van der Waals surface area contributed by atoms with Gasteiger partial charge in [0, 0.05) is 163 Å². The fourth-order valence-corrected chi connectivity index (χ4v) is 19.2. The summed E-state index contributed by atoms with van der Waals surface area (Å²) in [6, 6.07) is 60.5. The summed E-state index contributed by atoms with van der Waals surface area (Å²) in [7, 11) is 6.15. The van der Waals surface area contributed by atoms with Crippen molar-refractivity contribution < 1.29 is 9.68 Å². The van der Waals surface area contributed by atoms with Gasteiger partial charge in [0.05, 0.1) is 77.8 Å². The van der Waals surface area contributed by atoms with Crippen LogP contribution in [0.3, 0.4) is 0 Å². The van der Waals surface area contributed by atoms with Gasteiger partial charge in [-0.25, -0.2) is 19.5 Å². The standard InChI is InChI=1S/C14H14ClN.2C13H13ClN2.C13H17N.C12H15ClN2O.C12H15ClN.C11H13ClN2.C11H12ClN.2C10H11ClN2/c1-10(2)14-8-12(15)5-6-13(14)11-4-3-7-16-9-11;1-9(2)13-5-11(14)3-4-12(13)10-6-15-8-16-7-10;1-9(2)12-8-10(14)5-6-11(12)13-4-3-7-15-16-13;1-13(2,3)11-5-6-12-10(9-11)7-8-14(12)4;1-8(2)11-6-10(13)5-9-7-14-15(3-4-16)12(9)11;1-8(2)11-7-10(13)6-9-4-5-14(3)12(9)11;1-7(2)10-5-9(12)4-8-6-13-14(3)11(8)10;1-7(2)10-6-9(12)5-8-3-4-13-11(8)10;1-6(2)8-3-7(11)4-10-9(8)5-12-13-10;1-6(2)8-3-7(11)4-9-10(8)13-5-12-9/h3-10H,1-2H3;2*3-9H,1-2H3;5-9H,1-4H3;5-8,16H,3-4H2,1-2H3;5-8H,4H2,1-3H3;4-7H,1-3H3;3-7,13H,1-2H3;2*3-6H,1-2H3,(H,12,13)/q;;;;;+1;;;;. The maximum absolute atomic E-state index is 8.99. The predicted molar refractivity (Wildman–Crippen MR) is 618 cm³/mol. The fourth-order valence-electron chi connectivity index (χ4n) is 17.3. The molecular formula is C119H134Cl9N16O+. The van der Waals surface area contributed by atoms with E-state index >= 15 is 0 Å². The molecule has 1 aliphatic heterocycles. The van der Waals surface area contributed by atoms with E-state index in [0.29, 0.717) is 59.8 Å². The number of aromatic nitrogens is 15. The number of nitrogens with zero attached hydrogens (tertiary/aromatic N) is 13. The zero-order chi connectivity index (χ0) is 106. The number of nitrogens with one attached hydrogen (secondary N) is 3. The molecule has 145 heavy (non-hydrogen) atoms. The molecule has 9 aromatic heterocycles. The molecular weight excluding hydrogens is 1990 g/mol. The van der Waals surface area contributed by atoms with Crippen LogP contribution in [0.1, 0.15) is 260 Å². The van der Waals surface area contributed by atoms with Crippen molar-refractivity contribution in [3.8, 4) is 33.5 Å². The highest BCUT2D eigenvalue weighted by molar-refractivity contribution is 6.34. The van der Waals surface area contributed by atoms with E-state index in [-0.39, 0.29) is 12.0 Å². The minimum atomic E-state index is 0.0942. The summed E-state index contributed by atoms with van der Waals surface area (Å²) in [4.78, 5) is 22.8. The Bertz CT molecular complexity index is 7090. The molecule has 0 amide bonds. The van der Waals surface area contributed by atoms with Crippen LogP contribution in [-0.4, -0.2) is 104 Å². The summed E-state index contributed by atoms with van der Waals surface area (Å²) in [5, 5.41) is 45.3. The average molecular weight is 2120 g/mol. The van der Waals surface area contributed by atoms with Crippen LogP contribution in [-0.2, 0) is 32.5 Å². The second-order valence-corrected chi connectivity index (χ2v) is 43.7. The van der Waals surface area contributed by atoms with Crippen molar-refractivity contribution in [1.29, 1.82) is 0 Å². The molecule has 0 saturated heterocycles. The molecule has 0 bridgehead atoms. The van der Waals surface area contributed by atoms with Crippen LogP contribution in [0, 0.1) is 0 Å². The highest BCUT2D eigenvalue weighted by atomic mass is 35.5. The molecule has 10 aromatic carbocycles. The number of benzene rings is 10. The second-order valence-electron chi connectivity index (χ2n) is 39.8. The van der Waals surface area contributed by atoms with Gasteiger partial charge in [0.1, 0.15) is 19.6 Å². The van der Waals surface area contributed by atoms with Crippen molar-refractivity contribution in [2.45, 2.75) is 217 Å². The number of aromatic amines is 3. The number of aliphatic hydroxyl groups is 1. The zero-order valence-electron chi connectivity index (χ0n) is 87.3. The van der Waals surface area contributed by atoms with Gasteiger partial charge in [0.25, 0.3) is 0 Å². The lowest BCUT2D eigenvalue weighted by Gasteiger charge is -2.18. The molecule has 17 nitrogen and oxygen atoms in total. The van der Waals surface area contributed by atoms with Gasteiger partial charge in [-0.05, 0) is 277 Å². The third kappa shape index (κ3) is 30.7. The molecule has 0 unspecified atom stereocenters. The number of rotatable bonds is 14. The SMILES string of the molecule is CC(C)c1cc(Cl)cc2[nH]cnc12.CC(C)c1cc(Cl)cc2[nH]ncc12.CC(C)c1cc(Cl)cc2c1[N+](C)=CC2.CC(C)c1cc(Cl)cc2cc[nH]c12.CC(C)c1cc(Cl)cc2cnn(C)c12.CC(C)c1cc(Cl)cc2cnn(CCO)c12.CC(C)c1cc(Cl)ccc1-c1cccnc1.CC(C)c1cc(Cl)ccc1-c1cccnn1.CC(C)c1cc(Cl)ccc1-c1cncnc1.Cn1ccc2cc(C(C)(C)C)ccc21. The Labute approximate surface area is 899 Å². The van der Waals surface area contributed by atoms with Crippen LogP contribution < -0.4 is 0 Å². The molecule has 10 heterocycles. The maximum atomic E-state index is 8.99. The number of halogens is 9. The number of aryl methyl sites for hydroxylation is 2. The Morgan fingerprint density at radius 1 is 0.421 bits per heavy atom. The second kappa shape index (κ2) is 52.9. The molecule has 0 saturated carbocycles. The van der Waals surface area contributed by atoms with Gasteiger partial charge >= 0.3 is 0 Å². The minimum absolute atomic E-state index is 0.0942. The summed E-state index contributed by atoms with van der Waals surface area (Å²) < 4.78 is 8.10. The summed E-state index contributed by atoms with van der Waals surface area (Å²) in [6.45, 7) is 46.2. The molecule has 0 aliphatic carbocycles. The number of hydrogen-bond donors (Lipinski definition) is 4. The Hall–Kier alpha value is -11.3. The largest absolute Gasteiger partial charge is 0.394 e. The Kier molecular flexibility index (Phi) is 41.6. The van der Waals surface area contributed by atoms with E-state index in [1.165, 1.54) is 111 Å². The highest BCUT2D eigenvalue weighted by Crippen LogP contribution is 2.40. The summed E-state index contributed by atoms with van der Waals surface area (Å²) in [5.74, 6) is 4.08. The highest BCUT2D eigenvalue weighted by Gasteiger charge is 2.26. The number of aliphatic hydroxyl groups excluding tert-OH is 1. The zero-order valence-corrected chi connectivity index (χ0v) is 94.1. The summed E-state index contributed by atoms with van der Waals surface area (Å²) in [6.07, 6.45) is 25.0. The van der Waals surface area contributed by atoms with Crippen molar-refractivity contribution in [3.63, 3.8) is 0 Å². The van der Waals surface area contributed by atoms with E-state index in [4.69, 9.17) is 110 Å². The van der Waals surface area contributed by atoms with Crippen LogP contribution in [0.15, 0.2) is 257 Å². The minimum Gasteiger partial charge on any atom is -0.394 e. The monoisotopic (exact) mass is 2120 g/mol. The summed E-state index contributed by atoms with van der Waals surface area (Å²) in [5.41, 5.74) is 29.9. The summed E-state index contributed by atoms with van der Waals surface area (Å²) >= 11 is 54.2.